The topological polar surface area (TPSA) is 52.3 Å². The molecule has 1 aromatic rings. The molecule has 82 valence electrons. The summed E-state index contributed by atoms with van der Waals surface area (Å²) in [6, 6.07) is 9.65. The average molecular weight is 207 g/mol. The lowest BCUT2D eigenvalue weighted by atomic mass is 10.1. The summed E-state index contributed by atoms with van der Waals surface area (Å²) < 4.78 is 5.27. The van der Waals surface area contributed by atoms with Crippen LogP contribution in [0.25, 0.3) is 0 Å². The summed E-state index contributed by atoms with van der Waals surface area (Å²) in [5.41, 5.74) is 6.38. The van der Waals surface area contributed by atoms with Crippen LogP contribution in [0.15, 0.2) is 30.3 Å². The van der Waals surface area contributed by atoms with Crippen LogP contribution in [0, 0.1) is 5.92 Å². The van der Waals surface area contributed by atoms with Gasteiger partial charge in [-0.2, -0.15) is 0 Å². The second kappa shape index (κ2) is 5.51. The Hall–Kier alpha value is -1.35. The van der Waals surface area contributed by atoms with Crippen LogP contribution in [0.1, 0.15) is 25.5 Å². The van der Waals surface area contributed by atoms with Gasteiger partial charge < -0.3 is 10.5 Å². The first-order valence-corrected chi connectivity index (χ1v) is 5.10. The van der Waals surface area contributed by atoms with E-state index in [9.17, 15) is 4.79 Å². The number of carbonyl (C=O) groups excluding carboxylic acids is 1. The van der Waals surface area contributed by atoms with Crippen molar-refractivity contribution in [3.05, 3.63) is 35.9 Å². The highest BCUT2D eigenvalue weighted by molar-refractivity contribution is 5.72. The fourth-order valence-electron chi connectivity index (χ4n) is 1.18. The first-order chi connectivity index (χ1) is 7.15. The van der Waals surface area contributed by atoms with Crippen molar-refractivity contribution in [2.45, 2.75) is 20.0 Å². The summed E-state index contributed by atoms with van der Waals surface area (Å²) in [5.74, 6) is -0.481. The van der Waals surface area contributed by atoms with Crippen molar-refractivity contribution < 1.29 is 9.53 Å². The molecule has 0 amide bonds. The maximum absolute atomic E-state index is 11.5. The molecule has 2 unspecified atom stereocenters. The first kappa shape index (κ1) is 11.7. The van der Waals surface area contributed by atoms with Gasteiger partial charge in [-0.15, -0.1) is 0 Å². The van der Waals surface area contributed by atoms with E-state index in [2.05, 4.69) is 0 Å². The van der Waals surface area contributed by atoms with Crippen molar-refractivity contribution in [3.8, 4) is 0 Å². The van der Waals surface area contributed by atoms with Gasteiger partial charge in [-0.25, -0.2) is 0 Å². The fourth-order valence-corrected chi connectivity index (χ4v) is 1.18. The summed E-state index contributed by atoms with van der Waals surface area (Å²) in [6.45, 7) is 3.94. The molecule has 0 aliphatic heterocycles. The minimum Gasteiger partial charge on any atom is -0.458 e. The summed E-state index contributed by atoms with van der Waals surface area (Å²) in [7, 11) is 0. The van der Waals surface area contributed by atoms with Gasteiger partial charge in [0.1, 0.15) is 6.10 Å². The third-order valence-corrected chi connectivity index (χ3v) is 2.32. The molecule has 0 saturated carbocycles. The molecule has 2 atom stereocenters. The Bertz CT molecular complexity index is 311. The summed E-state index contributed by atoms with van der Waals surface area (Å²) in [4.78, 5) is 11.5. The van der Waals surface area contributed by atoms with E-state index in [0.717, 1.165) is 5.56 Å². The Balaban J connectivity index is 2.56. The number of nitrogens with two attached hydrogens (primary N) is 1. The number of carbonyl (C=O) groups is 1. The second-order valence-corrected chi connectivity index (χ2v) is 3.63. The van der Waals surface area contributed by atoms with Crippen LogP contribution in [0.2, 0.25) is 0 Å². The molecule has 1 rings (SSSR count). The SMILES string of the molecule is CC(CN)C(=O)OC(C)c1ccccc1. The largest absolute Gasteiger partial charge is 0.458 e. The van der Waals surface area contributed by atoms with Gasteiger partial charge >= 0.3 is 5.97 Å². The molecule has 15 heavy (non-hydrogen) atoms. The van der Waals surface area contributed by atoms with Crippen molar-refractivity contribution in [3.63, 3.8) is 0 Å². The summed E-state index contributed by atoms with van der Waals surface area (Å²) in [6.07, 6.45) is -0.215. The molecule has 0 spiro atoms. The summed E-state index contributed by atoms with van der Waals surface area (Å²) >= 11 is 0. The van der Waals surface area contributed by atoms with Crippen molar-refractivity contribution in [1.29, 1.82) is 0 Å². The van der Waals surface area contributed by atoms with Gasteiger partial charge in [0.25, 0.3) is 0 Å². The van der Waals surface area contributed by atoms with Gasteiger partial charge in [0.15, 0.2) is 0 Å². The van der Waals surface area contributed by atoms with Crippen LogP contribution in [0.3, 0.4) is 0 Å². The van der Waals surface area contributed by atoms with Crippen LogP contribution in [-0.2, 0) is 9.53 Å². The molecule has 0 bridgehead atoms. The van der Waals surface area contributed by atoms with E-state index in [1.807, 2.05) is 37.3 Å². The predicted octanol–water partition coefficient (Wildman–Crippen LogP) is 1.89. The lowest BCUT2D eigenvalue weighted by Gasteiger charge is -2.16. The van der Waals surface area contributed by atoms with Gasteiger partial charge in [-0.3, -0.25) is 4.79 Å². The number of ether oxygens (including phenoxy) is 1. The number of benzene rings is 1. The number of hydrogen-bond donors (Lipinski definition) is 1. The zero-order valence-corrected chi connectivity index (χ0v) is 9.14. The molecular formula is C12H17NO2. The average Bonchev–Trinajstić information content (AvgIpc) is 2.29. The normalized spacial score (nSPS) is 14.3. The molecule has 0 heterocycles. The monoisotopic (exact) mass is 207 g/mol. The summed E-state index contributed by atoms with van der Waals surface area (Å²) in [5, 5.41) is 0. The van der Waals surface area contributed by atoms with Gasteiger partial charge in [0.05, 0.1) is 5.92 Å². The van der Waals surface area contributed by atoms with E-state index in [-0.39, 0.29) is 18.0 Å². The van der Waals surface area contributed by atoms with E-state index in [0.29, 0.717) is 6.54 Å². The third-order valence-electron chi connectivity index (χ3n) is 2.32. The smallest absolute Gasteiger partial charge is 0.310 e. The number of esters is 1. The Morgan fingerprint density at radius 3 is 2.47 bits per heavy atom. The molecule has 0 aliphatic rings. The minimum absolute atomic E-state index is 0.215. The van der Waals surface area contributed by atoms with Crippen LogP contribution >= 0.6 is 0 Å². The van der Waals surface area contributed by atoms with Gasteiger partial charge in [-0.1, -0.05) is 37.3 Å². The maximum Gasteiger partial charge on any atom is 0.310 e. The van der Waals surface area contributed by atoms with E-state index in [1.165, 1.54) is 0 Å². The van der Waals surface area contributed by atoms with Gasteiger partial charge in [0.2, 0.25) is 0 Å². The Labute approximate surface area is 90.2 Å². The highest BCUT2D eigenvalue weighted by atomic mass is 16.5. The van der Waals surface area contributed by atoms with Crippen molar-refractivity contribution in [2.75, 3.05) is 6.54 Å². The van der Waals surface area contributed by atoms with Gasteiger partial charge in [-0.05, 0) is 12.5 Å². The molecule has 2 N–H and O–H groups in total. The number of rotatable bonds is 4. The fraction of sp³-hybridized carbons (Fsp3) is 0.417. The van der Waals surface area contributed by atoms with Crippen molar-refractivity contribution >= 4 is 5.97 Å². The first-order valence-electron chi connectivity index (χ1n) is 5.10. The lowest BCUT2D eigenvalue weighted by Crippen LogP contribution is -2.23. The molecular weight excluding hydrogens is 190 g/mol. The molecule has 0 saturated heterocycles. The van der Waals surface area contributed by atoms with E-state index >= 15 is 0 Å². The van der Waals surface area contributed by atoms with E-state index in [4.69, 9.17) is 10.5 Å². The van der Waals surface area contributed by atoms with Crippen LogP contribution < -0.4 is 5.73 Å². The van der Waals surface area contributed by atoms with Gasteiger partial charge in [0, 0.05) is 6.54 Å². The zero-order valence-electron chi connectivity index (χ0n) is 9.14. The van der Waals surface area contributed by atoms with E-state index in [1.54, 1.807) is 6.92 Å². The standard InChI is InChI=1S/C12H17NO2/c1-9(8-13)12(14)15-10(2)11-6-4-3-5-7-11/h3-7,9-10H,8,13H2,1-2H3. The molecule has 3 heteroatoms. The van der Waals surface area contributed by atoms with Crippen molar-refractivity contribution in [1.82, 2.24) is 0 Å². The Morgan fingerprint density at radius 2 is 1.93 bits per heavy atom. The third kappa shape index (κ3) is 3.36. The maximum atomic E-state index is 11.5. The van der Waals surface area contributed by atoms with Crippen LogP contribution in [0.5, 0.6) is 0 Å². The van der Waals surface area contributed by atoms with E-state index < -0.39 is 0 Å². The molecule has 0 radical (unpaired) electrons. The van der Waals surface area contributed by atoms with Crippen molar-refractivity contribution in [2.24, 2.45) is 11.7 Å². The zero-order chi connectivity index (χ0) is 11.3. The molecule has 1 aromatic carbocycles. The minimum atomic E-state index is -0.242. The lowest BCUT2D eigenvalue weighted by molar-refractivity contribution is -0.152. The second-order valence-electron chi connectivity index (χ2n) is 3.63. The highest BCUT2D eigenvalue weighted by Crippen LogP contribution is 2.17. The number of hydrogen-bond acceptors (Lipinski definition) is 3. The molecule has 3 nitrogen and oxygen atoms in total. The quantitative estimate of drug-likeness (QED) is 0.767. The molecule has 0 aromatic heterocycles. The predicted molar refractivity (Wildman–Crippen MR) is 59.2 cm³/mol. The Kier molecular flexibility index (Phi) is 4.31. The highest BCUT2D eigenvalue weighted by Gasteiger charge is 2.16. The van der Waals surface area contributed by atoms with Crippen LogP contribution in [0.4, 0.5) is 0 Å². The molecule has 0 aliphatic carbocycles. The van der Waals surface area contributed by atoms with Crippen LogP contribution in [-0.4, -0.2) is 12.5 Å². The molecule has 0 fully saturated rings. The Morgan fingerprint density at radius 1 is 1.33 bits per heavy atom.